The predicted molar refractivity (Wildman–Crippen MR) is 82.3 cm³/mol. The van der Waals surface area contributed by atoms with E-state index in [-0.39, 0.29) is 17.3 Å². The van der Waals surface area contributed by atoms with E-state index in [1.54, 1.807) is 0 Å². The van der Waals surface area contributed by atoms with Gasteiger partial charge in [0.25, 0.3) is 0 Å². The normalized spacial score (nSPS) is 33.8. The largest absolute Gasteiger partial charge is 0.393 e. The fraction of sp³-hybridized carbons (Fsp3) is 1.00. The van der Waals surface area contributed by atoms with Gasteiger partial charge in [-0.2, -0.15) is 0 Å². The summed E-state index contributed by atoms with van der Waals surface area (Å²) < 4.78 is 23.5. The van der Waals surface area contributed by atoms with Gasteiger partial charge in [0.1, 0.15) is 9.84 Å². The first kappa shape index (κ1) is 16.3. The lowest BCUT2D eigenvalue weighted by Gasteiger charge is -2.40. The quantitative estimate of drug-likeness (QED) is 0.871. The van der Waals surface area contributed by atoms with Gasteiger partial charge in [0.2, 0.25) is 0 Å². The molecular formula is C16H30O3S. The van der Waals surface area contributed by atoms with Crippen LogP contribution in [0.4, 0.5) is 0 Å². The highest BCUT2D eigenvalue weighted by molar-refractivity contribution is 7.91. The highest BCUT2D eigenvalue weighted by atomic mass is 32.2. The van der Waals surface area contributed by atoms with Crippen molar-refractivity contribution in [2.45, 2.75) is 76.6 Å². The van der Waals surface area contributed by atoms with Gasteiger partial charge in [-0.25, -0.2) is 8.42 Å². The Bertz CT molecular complexity index is 417. The van der Waals surface area contributed by atoms with E-state index in [9.17, 15) is 13.5 Å². The summed E-state index contributed by atoms with van der Waals surface area (Å²) in [5, 5.41) is 10.4. The highest BCUT2D eigenvalue weighted by Gasteiger charge is 2.37. The van der Waals surface area contributed by atoms with Crippen molar-refractivity contribution in [2.75, 3.05) is 6.26 Å². The van der Waals surface area contributed by atoms with Gasteiger partial charge in [-0.15, -0.1) is 0 Å². The van der Waals surface area contributed by atoms with Gasteiger partial charge in [0.05, 0.1) is 11.4 Å². The first-order valence-electron chi connectivity index (χ1n) is 8.06. The number of aliphatic hydroxyl groups is 1. The third-order valence-corrected chi connectivity index (χ3v) is 7.26. The van der Waals surface area contributed by atoms with E-state index in [1.807, 2.05) is 0 Å². The molecule has 2 fully saturated rings. The molecule has 0 aromatic rings. The molecular weight excluding hydrogens is 272 g/mol. The van der Waals surface area contributed by atoms with Crippen molar-refractivity contribution in [3.05, 3.63) is 0 Å². The fourth-order valence-corrected chi connectivity index (χ4v) is 5.22. The van der Waals surface area contributed by atoms with Gasteiger partial charge >= 0.3 is 0 Å². The molecule has 2 rings (SSSR count). The summed E-state index contributed by atoms with van der Waals surface area (Å²) in [6, 6.07) is 0. The van der Waals surface area contributed by atoms with Crippen molar-refractivity contribution in [1.82, 2.24) is 0 Å². The predicted octanol–water partition coefficient (Wildman–Crippen LogP) is 3.17. The average molecular weight is 302 g/mol. The van der Waals surface area contributed by atoms with E-state index < -0.39 is 9.84 Å². The van der Waals surface area contributed by atoms with Crippen molar-refractivity contribution in [2.24, 2.45) is 17.3 Å². The van der Waals surface area contributed by atoms with Gasteiger partial charge in [-0.05, 0) is 62.2 Å². The second-order valence-corrected chi connectivity index (χ2v) is 10.2. The van der Waals surface area contributed by atoms with E-state index in [2.05, 4.69) is 13.8 Å². The second-order valence-electron chi connectivity index (χ2n) is 7.87. The molecule has 0 heterocycles. The van der Waals surface area contributed by atoms with Gasteiger partial charge in [-0.1, -0.05) is 20.3 Å². The molecule has 0 aromatic carbocycles. The molecule has 20 heavy (non-hydrogen) atoms. The van der Waals surface area contributed by atoms with Crippen LogP contribution in [-0.4, -0.2) is 31.1 Å². The molecule has 0 radical (unpaired) electrons. The topological polar surface area (TPSA) is 54.4 Å². The van der Waals surface area contributed by atoms with Crippen LogP contribution in [0.2, 0.25) is 0 Å². The first-order chi connectivity index (χ1) is 9.19. The minimum atomic E-state index is -2.95. The zero-order chi connectivity index (χ0) is 15.0. The van der Waals surface area contributed by atoms with Crippen molar-refractivity contribution in [3.63, 3.8) is 0 Å². The minimum absolute atomic E-state index is 0.190. The van der Waals surface area contributed by atoms with Crippen molar-refractivity contribution < 1.29 is 13.5 Å². The summed E-state index contributed by atoms with van der Waals surface area (Å²) >= 11 is 0. The van der Waals surface area contributed by atoms with Crippen LogP contribution in [0, 0.1) is 17.3 Å². The van der Waals surface area contributed by atoms with Crippen LogP contribution in [-0.2, 0) is 9.84 Å². The second kappa shape index (κ2) is 5.96. The standard InChI is InChI=1S/C16H30O3S/c1-16(2)9-7-12(8-10-16)15(17)13-5-4-6-14(11-13)20(3,18)19/h12-15,17H,4-11H2,1-3H3. The Labute approximate surface area is 124 Å². The molecule has 2 saturated carbocycles. The summed E-state index contributed by atoms with van der Waals surface area (Å²) in [6.07, 6.45) is 8.96. The molecule has 1 N–H and O–H groups in total. The summed E-state index contributed by atoms with van der Waals surface area (Å²) in [6.45, 7) is 4.60. The first-order valence-corrected chi connectivity index (χ1v) is 10.0. The summed E-state index contributed by atoms with van der Waals surface area (Å²) in [7, 11) is -2.95. The monoisotopic (exact) mass is 302 g/mol. The number of aliphatic hydroxyl groups excluding tert-OH is 1. The lowest BCUT2D eigenvalue weighted by atomic mass is 9.68. The fourth-order valence-electron chi connectivity index (χ4n) is 4.03. The van der Waals surface area contributed by atoms with Crippen molar-refractivity contribution >= 4 is 9.84 Å². The van der Waals surface area contributed by atoms with E-state index >= 15 is 0 Å². The van der Waals surface area contributed by atoms with Crippen LogP contribution in [0.15, 0.2) is 0 Å². The van der Waals surface area contributed by atoms with Gasteiger partial charge in [0.15, 0.2) is 0 Å². The Kier molecular flexibility index (Phi) is 4.85. The SMILES string of the molecule is CC1(C)CCC(C(O)C2CCCC(S(C)(=O)=O)C2)CC1. The molecule has 0 aromatic heterocycles. The summed E-state index contributed by atoms with van der Waals surface area (Å²) in [4.78, 5) is 0. The Hall–Kier alpha value is -0.0900. The average Bonchev–Trinajstić information content (AvgIpc) is 2.37. The summed E-state index contributed by atoms with van der Waals surface area (Å²) in [5.74, 6) is 0.570. The van der Waals surface area contributed by atoms with Crippen LogP contribution in [0.5, 0.6) is 0 Å². The third-order valence-electron chi connectivity index (χ3n) is 5.62. The summed E-state index contributed by atoms with van der Waals surface area (Å²) in [5.41, 5.74) is 0.415. The minimum Gasteiger partial charge on any atom is -0.393 e. The molecule has 3 atom stereocenters. The van der Waals surface area contributed by atoms with Crippen molar-refractivity contribution in [3.8, 4) is 0 Å². The lowest BCUT2D eigenvalue weighted by molar-refractivity contribution is 0.00384. The maximum Gasteiger partial charge on any atom is 0.150 e. The molecule has 3 nitrogen and oxygen atoms in total. The van der Waals surface area contributed by atoms with Gasteiger partial charge < -0.3 is 5.11 Å². The number of hydrogen-bond donors (Lipinski definition) is 1. The lowest BCUT2D eigenvalue weighted by Crippen LogP contribution is -2.38. The van der Waals surface area contributed by atoms with Crippen LogP contribution in [0.1, 0.15) is 65.2 Å². The van der Waals surface area contributed by atoms with Crippen molar-refractivity contribution in [1.29, 1.82) is 0 Å². The molecule has 2 aliphatic carbocycles. The van der Waals surface area contributed by atoms with E-state index in [0.717, 1.165) is 32.1 Å². The van der Waals surface area contributed by atoms with E-state index in [4.69, 9.17) is 0 Å². The zero-order valence-electron chi connectivity index (χ0n) is 13.1. The van der Waals surface area contributed by atoms with Crippen LogP contribution in [0.25, 0.3) is 0 Å². The number of rotatable bonds is 3. The van der Waals surface area contributed by atoms with E-state index in [1.165, 1.54) is 19.1 Å². The van der Waals surface area contributed by atoms with E-state index in [0.29, 0.717) is 17.8 Å². The molecule has 2 aliphatic rings. The maximum atomic E-state index is 11.7. The molecule has 4 heteroatoms. The Balaban J connectivity index is 1.94. The Morgan fingerprint density at radius 2 is 1.65 bits per heavy atom. The Morgan fingerprint density at radius 3 is 2.20 bits per heavy atom. The van der Waals surface area contributed by atoms with Crippen LogP contribution < -0.4 is 0 Å². The molecule has 0 bridgehead atoms. The number of sulfone groups is 1. The maximum absolute atomic E-state index is 11.7. The van der Waals surface area contributed by atoms with Gasteiger partial charge in [0, 0.05) is 6.26 Å². The smallest absolute Gasteiger partial charge is 0.150 e. The van der Waals surface area contributed by atoms with Crippen LogP contribution in [0.3, 0.4) is 0 Å². The molecule has 118 valence electrons. The molecule has 0 aliphatic heterocycles. The molecule has 0 amide bonds. The number of hydrogen-bond acceptors (Lipinski definition) is 3. The molecule has 0 saturated heterocycles. The molecule has 3 unspecified atom stereocenters. The zero-order valence-corrected chi connectivity index (χ0v) is 14.0. The van der Waals surface area contributed by atoms with Crippen LogP contribution >= 0.6 is 0 Å². The Morgan fingerprint density at radius 1 is 1.05 bits per heavy atom. The third kappa shape index (κ3) is 3.97. The highest BCUT2D eigenvalue weighted by Crippen LogP contribution is 2.42. The van der Waals surface area contributed by atoms with Gasteiger partial charge in [-0.3, -0.25) is 0 Å². The molecule has 0 spiro atoms.